The van der Waals surface area contributed by atoms with Crippen LogP contribution in [-0.2, 0) is 6.61 Å². The van der Waals surface area contributed by atoms with Crippen molar-refractivity contribution in [1.82, 2.24) is 4.98 Å². The van der Waals surface area contributed by atoms with Gasteiger partial charge in [0.05, 0.1) is 5.02 Å². The maximum atomic E-state index is 5.98. The number of aromatic nitrogens is 1. The van der Waals surface area contributed by atoms with Crippen molar-refractivity contribution in [1.29, 1.82) is 0 Å². The fourth-order valence-corrected chi connectivity index (χ4v) is 1.71. The lowest BCUT2D eigenvalue weighted by Crippen LogP contribution is -2.08. The summed E-state index contributed by atoms with van der Waals surface area (Å²) >= 11 is 10.9. The molecule has 0 fully saturated rings. The zero-order chi connectivity index (χ0) is 13.0. The maximum absolute atomic E-state index is 5.98. The average Bonchev–Trinajstić information content (AvgIpc) is 2.38. The molecule has 0 aliphatic carbocycles. The van der Waals surface area contributed by atoms with Crippen molar-refractivity contribution in [2.75, 3.05) is 0 Å². The van der Waals surface area contributed by atoms with Crippen LogP contribution in [-0.4, -0.2) is 9.97 Å². The molecule has 18 heavy (non-hydrogen) atoms. The third kappa shape index (κ3) is 3.18. The molecule has 0 amide bonds. The van der Waals surface area contributed by atoms with Crippen LogP contribution in [0, 0.1) is 0 Å². The molecule has 0 aliphatic rings. The molecule has 2 aromatic rings. The second kappa shape index (κ2) is 5.80. The lowest BCUT2D eigenvalue weighted by Gasteiger charge is -2.07. The number of halogens is 1. The Morgan fingerprint density at radius 1 is 1.28 bits per heavy atom. The summed E-state index contributed by atoms with van der Waals surface area (Å²) in [5.74, 6) is 0.739. The van der Waals surface area contributed by atoms with E-state index in [0.29, 0.717) is 16.6 Å². The summed E-state index contributed by atoms with van der Waals surface area (Å²) < 4.78 is 5.61. The Kier molecular flexibility index (Phi) is 4.12. The van der Waals surface area contributed by atoms with Crippen molar-refractivity contribution in [2.24, 2.45) is 5.73 Å². The van der Waals surface area contributed by atoms with Crippen LogP contribution in [0.4, 0.5) is 0 Å². The summed E-state index contributed by atoms with van der Waals surface area (Å²) in [5, 5.41) is 0.595. The van der Waals surface area contributed by atoms with Crippen molar-refractivity contribution in [3.8, 4) is 5.75 Å². The molecule has 0 saturated carbocycles. The summed E-state index contributed by atoms with van der Waals surface area (Å²) in [7, 11) is 0. The Hall–Kier alpha value is -1.65. The van der Waals surface area contributed by atoms with Crippen LogP contribution < -0.4 is 10.5 Å². The number of hydrogen-bond donors (Lipinski definition) is 1. The predicted octanol–water partition coefficient (Wildman–Crippen LogP) is 2.95. The van der Waals surface area contributed by atoms with E-state index in [1.807, 2.05) is 30.3 Å². The van der Waals surface area contributed by atoms with Crippen molar-refractivity contribution in [3.05, 3.63) is 58.9 Å². The SMILES string of the molecule is NC(=S)c1ccc(OCc2ccncc2Cl)cc1. The summed E-state index contributed by atoms with van der Waals surface area (Å²) in [4.78, 5) is 4.29. The Labute approximate surface area is 116 Å². The van der Waals surface area contributed by atoms with Crippen LogP contribution in [0.3, 0.4) is 0 Å². The first-order valence-electron chi connectivity index (χ1n) is 5.28. The molecule has 5 heteroatoms. The monoisotopic (exact) mass is 278 g/mol. The fraction of sp³-hybridized carbons (Fsp3) is 0.0769. The van der Waals surface area contributed by atoms with Crippen molar-refractivity contribution >= 4 is 28.8 Å². The van der Waals surface area contributed by atoms with Gasteiger partial charge in [-0.2, -0.15) is 0 Å². The van der Waals surface area contributed by atoms with Gasteiger partial charge in [-0.3, -0.25) is 4.98 Å². The van der Waals surface area contributed by atoms with Gasteiger partial charge in [-0.15, -0.1) is 0 Å². The topological polar surface area (TPSA) is 48.1 Å². The van der Waals surface area contributed by atoms with Gasteiger partial charge in [0, 0.05) is 23.5 Å². The van der Waals surface area contributed by atoms with Crippen molar-refractivity contribution in [3.63, 3.8) is 0 Å². The van der Waals surface area contributed by atoms with Gasteiger partial charge in [0.2, 0.25) is 0 Å². The molecule has 0 aliphatic heterocycles. The second-order valence-corrected chi connectivity index (χ2v) is 4.49. The first kappa shape index (κ1) is 12.8. The van der Waals surface area contributed by atoms with Gasteiger partial charge >= 0.3 is 0 Å². The Morgan fingerprint density at radius 3 is 2.61 bits per heavy atom. The van der Waals surface area contributed by atoms with E-state index in [0.717, 1.165) is 16.9 Å². The molecule has 0 saturated heterocycles. The molecule has 2 rings (SSSR count). The molecule has 1 aromatic carbocycles. The fourth-order valence-electron chi connectivity index (χ4n) is 1.40. The van der Waals surface area contributed by atoms with E-state index in [9.17, 15) is 0 Å². The molecule has 0 bridgehead atoms. The lowest BCUT2D eigenvalue weighted by molar-refractivity contribution is 0.306. The highest BCUT2D eigenvalue weighted by molar-refractivity contribution is 7.80. The molecule has 2 N–H and O–H groups in total. The van der Waals surface area contributed by atoms with Crippen molar-refractivity contribution in [2.45, 2.75) is 6.61 Å². The van der Waals surface area contributed by atoms with E-state index in [-0.39, 0.29) is 0 Å². The quantitative estimate of drug-likeness (QED) is 0.874. The average molecular weight is 279 g/mol. The van der Waals surface area contributed by atoms with Gasteiger partial charge in [-0.25, -0.2) is 0 Å². The number of thiocarbonyl (C=S) groups is 1. The van der Waals surface area contributed by atoms with E-state index >= 15 is 0 Å². The standard InChI is InChI=1S/C13H11ClN2OS/c14-12-7-16-6-5-10(12)8-17-11-3-1-9(2-4-11)13(15)18/h1-7H,8H2,(H2,15,18). The van der Waals surface area contributed by atoms with Gasteiger partial charge in [-0.05, 0) is 30.3 Å². The summed E-state index contributed by atoms with van der Waals surface area (Å²) in [6, 6.07) is 9.12. The highest BCUT2D eigenvalue weighted by atomic mass is 35.5. The number of ether oxygens (including phenoxy) is 1. The normalized spacial score (nSPS) is 10.1. The number of hydrogen-bond acceptors (Lipinski definition) is 3. The lowest BCUT2D eigenvalue weighted by atomic mass is 10.2. The highest BCUT2D eigenvalue weighted by Crippen LogP contribution is 2.18. The zero-order valence-electron chi connectivity index (χ0n) is 9.47. The van der Waals surface area contributed by atoms with Gasteiger partial charge in [0.15, 0.2) is 0 Å². The molecular weight excluding hydrogens is 268 g/mol. The van der Waals surface area contributed by atoms with Gasteiger partial charge in [-0.1, -0.05) is 23.8 Å². The molecule has 1 heterocycles. The minimum Gasteiger partial charge on any atom is -0.489 e. The van der Waals surface area contributed by atoms with Crippen LogP contribution in [0.25, 0.3) is 0 Å². The Balaban J connectivity index is 2.02. The molecule has 3 nitrogen and oxygen atoms in total. The van der Waals surface area contributed by atoms with Crippen LogP contribution in [0.15, 0.2) is 42.7 Å². The van der Waals surface area contributed by atoms with Gasteiger partial charge < -0.3 is 10.5 Å². The van der Waals surface area contributed by atoms with Crippen LogP contribution in [0.2, 0.25) is 5.02 Å². The van der Waals surface area contributed by atoms with E-state index in [1.165, 1.54) is 0 Å². The Morgan fingerprint density at radius 2 is 2.00 bits per heavy atom. The third-order valence-corrected chi connectivity index (χ3v) is 2.97. The number of nitrogens with zero attached hydrogens (tertiary/aromatic N) is 1. The molecule has 0 spiro atoms. The smallest absolute Gasteiger partial charge is 0.119 e. The summed E-state index contributed by atoms with van der Waals surface area (Å²) in [6.45, 7) is 0.397. The van der Waals surface area contributed by atoms with Gasteiger partial charge in [0.25, 0.3) is 0 Å². The van der Waals surface area contributed by atoms with E-state index in [1.54, 1.807) is 12.4 Å². The summed E-state index contributed by atoms with van der Waals surface area (Å²) in [5.41, 5.74) is 7.23. The molecule has 92 valence electrons. The number of nitrogens with two attached hydrogens (primary N) is 1. The van der Waals surface area contributed by atoms with Gasteiger partial charge in [0.1, 0.15) is 17.3 Å². The minimum absolute atomic E-state index is 0.374. The maximum Gasteiger partial charge on any atom is 0.119 e. The van der Waals surface area contributed by atoms with E-state index < -0.39 is 0 Å². The minimum atomic E-state index is 0.374. The predicted molar refractivity (Wildman–Crippen MR) is 75.9 cm³/mol. The molecule has 0 unspecified atom stereocenters. The van der Waals surface area contributed by atoms with Crippen molar-refractivity contribution < 1.29 is 4.74 Å². The number of rotatable bonds is 4. The largest absolute Gasteiger partial charge is 0.489 e. The second-order valence-electron chi connectivity index (χ2n) is 3.64. The first-order valence-corrected chi connectivity index (χ1v) is 6.06. The molecule has 0 atom stereocenters. The number of benzene rings is 1. The van der Waals surface area contributed by atoms with Crippen LogP contribution in [0.5, 0.6) is 5.75 Å². The molecule has 1 aromatic heterocycles. The van der Waals surface area contributed by atoms with E-state index in [2.05, 4.69) is 4.98 Å². The number of pyridine rings is 1. The Bertz CT molecular complexity index is 557. The molecular formula is C13H11ClN2OS. The van der Waals surface area contributed by atoms with E-state index in [4.69, 9.17) is 34.3 Å². The first-order chi connectivity index (χ1) is 8.66. The highest BCUT2D eigenvalue weighted by Gasteiger charge is 2.01. The summed E-state index contributed by atoms with van der Waals surface area (Å²) in [6.07, 6.45) is 3.27. The third-order valence-electron chi connectivity index (χ3n) is 2.39. The van der Waals surface area contributed by atoms with Crippen LogP contribution >= 0.6 is 23.8 Å². The molecule has 0 radical (unpaired) electrons. The van der Waals surface area contributed by atoms with Crippen LogP contribution in [0.1, 0.15) is 11.1 Å². The zero-order valence-corrected chi connectivity index (χ0v) is 11.0.